The van der Waals surface area contributed by atoms with E-state index in [2.05, 4.69) is 201 Å². The Kier molecular flexibility index (Phi) is 6.41. The number of allylic oxidation sites excluding steroid dienone is 4. The smallest absolute Gasteiger partial charge is 0.0726 e. The van der Waals surface area contributed by atoms with Crippen molar-refractivity contribution in [3.63, 3.8) is 0 Å². The summed E-state index contributed by atoms with van der Waals surface area (Å²) < 4.78 is 0. The van der Waals surface area contributed by atoms with Crippen LogP contribution in [0.25, 0.3) is 27.8 Å². The molecule has 4 aliphatic rings. The Morgan fingerprint density at radius 1 is 0.453 bits per heavy atom. The molecule has 0 bridgehead atoms. The van der Waals surface area contributed by atoms with Crippen molar-refractivity contribution in [2.45, 2.75) is 37.0 Å². The van der Waals surface area contributed by atoms with Gasteiger partial charge in [-0.15, -0.1) is 0 Å². The summed E-state index contributed by atoms with van der Waals surface area (Å²) in [5.41, 5.74) is 21.0. The highest BCUT2D eigenvalue weighted by atomic mass is 15.1. The molecule has 0 radical (unpaired) electrons. The molecule has 252 valence electrons. The molecular formula is C52H39N. The Morgan fingerprint density at radius 3 is 1.64 bits per heavy atom. The van der Waals surface area contributed by atoms with Gasteiger partial charge in [-0.3, -0.25) is 0 Å². The molecule has 1 unspecified atom stereocenters. The van der Waals surface area contributed by atoms with Gasteiger partial charge in [-0.2, -0.15) is 0 Å². The molecule has 0 aliphatic heterocycles. The van der Waals surface area contributed by atoms with E-state index in [1.165, 1.54) is 72.5 Å². The van der Waals surface area contributed by atoms with Crippen molar-refractivity contribution in [3.8, 4) is 22.3 Å². The fourth-order valence-corrected chi connectivity index (χ4v) is 10.6. The quantitative estimate of drug-likeness (QED) is 0.179. The van der Waals surface area contributed by atoms with Gasteiger partial charge in [-0.1, -0.05) is 159 Å². The third-order valence-electron chi connectivity index (χ3n) is 12.6. The standard InChI is InChI=1S/C52H39N/c1-51(2)45-26-10-6-23-42(45)44-25-15-24-38(50(44)51)34-16-14-19-36(32-34)53(35-17-4-3-5-18-35)37-30-31-43-41-22-9-13-29-48(41)52(49(43)33-37)46-27-11-7-20-39(46)40-21-8-12-28-47(40)52/h3-23,25-33,38H,24H2,1-2H3. The third-order valence-corrected chi connectivity index (χ3v) is 12.6. The van der Waals surface area contributed by atoms with E-state index in [0.717, 1.165) is 17.8 Å². The second-order valence-electron chi connectivity index (χ2n) is 15.6. The van der Waals surface area contributed by atoms with Crippen molar-refractivity contribution in [3.05, 3.63) is 227 Å². The molecule has 0 saturated carbocycles. The van der Waals surface area contributed by atoms with Crippen molar-refractivity contribution < 1.29 is 0 Å². The van der Waals surface area contributed by atoms with Crippen LogP contribution in [0.5, 0.6) is 0 Å². The van der Waals surface area contributed by atoms with E-state index in [0.29, 0.717) is 5.92 Å². The average Bonchev–Trinajstić information content (AvgIpc) is 3.77. The number of hydrogen-bond donors (Lipinski definition) is 0. The molecular weight excluding hydrogens is 639 g/mol. The van der Waals surface area contributed by atoms with E-state index in [4.69, 9.17) is 0 Å². The average molecular weight is 678 g/mol. The van der Waals surface area contributed by atoms with Gasteiger partial charge in [0.05, 0.1) is 5.41 Å². The first-order valence-electron chi connectivity index (χ1n) is 19.0. The molecule has 53 heavy (non-hydrogen) atoms. The van der Waals surface area contributed by atoms with Crippen molar-refractivity contribution in [2.24, 2.45) is 0 Å². The number of rotatable bonds is 4. The maximum atomic E-state index is 2.49. The monoisotopic (exact) mass is 677 g/mol. The zero-order valence-electron chi connectivity index (χ0n) is 30.1. The Morgan fingerprint density at radius 2 is 0.981 bits per heavy atom. The molecule has 1 heteroatoms. The summed E-state index contributed by atoms with van der Waals surface area (Å²) in [5.74, 6) is 0.305. The third kappa shape index (κ3) is 4.08. The number of nitrogens with zero attached hydrogens (tertiary/aromatic N) is 1. The van der Waals surface area contributed by atoms with Gasteiger partial charge >= 0.3 is 0 Å². The lowest BCUT2D eigenvalue weighted by Gasteiger charge is -2.34. The molecule has 1 spiro atoms. The SMILES string of the molecule is CC1(C)C2=C(C=CCC2c2cccc(N(c3ccccc3)c3ccc4c(c3)C3(c5ccccc5-c5ccccc53)c3ccccc3-4)c2)c2ccccc21. The minimum Gasteiger partial charge on any atom is -0.310 e. The predicted octanol–water partition coefficient (Wildman–Crippen LogP) is 13.3. The second-order valence-corrected chi connectivity index (χ2v) is 15.6. The predicted molar refractivity (Wildman–Crippen MR) is 220 cm³/mol. The van der Waals surface area contributed by atoms with Crippen LogP contribution in [0.3, 0.4) is 0 Å². The molecule has 4 aliphatic carbocycles. The van der Waals surface area contributed by atoms with Crippen molar-refractivity contribution in [1.82, 2.24) is 0 Å². The molecule has 0 fully saturated rings. The number of para-hydroxylation sites is 1. The lowest BCUT2D eigenvalue weighted by atomic mass is 9.70. The fourth-order valence-electron chi connectivity index (χ4n) is 10.6. The number of anilines is 3. The lowest BCUT2D eigenvalue weighted by Crippen LogP contribution is -2.26. The molecule has 1 nitrogen and oxygen atoms in total. The van der Waals surface area contributed by atoms with Gasteiger partial charge < -0.3 is 4.90 Å². The zero-order valence-corrected chi connectivity index (χ0v) is 30.1. The fraction of sp³-hybridized carbons (Fsp3) is 0.115. The number of benzene rings is 7. The second kappa shape index (κ2) is 11.2. The summed E-state index contributed by atoms with van der Waals surface area (Å²) in [4.78, 5) is 2.47. The van der Waals surface area contributed by atoms with E-state index in [-0.39, 0.29) is 10.8 Å². The summed E-state index contributed by atoms with van der Waals surface area (Å²) >= 11 is 0. The van der Waals surface area contributed by atoms with Crippen LogP contribution in [-0.4, -0.2) is 0 Å². The van der Waals surface area contributed by atoms with Crippen molar-refractivity contribution in [2.75, 3.05) is 4.90 Å². The Bertz CT molecular complexity index is 2630. The van der Waals surface area contributed by atoms with Crippen molar-refractivity contribution >= 4 is 22.6 Å². The molecule has 0 heterocycles. The first-order chi connectivity index (χ1) is 26.1. The molecule has 0 aromatic heterocycles. The van der Waals surface area contributed by atoms with E-state index >= 15 is 0 Å². The minimum absolute atomic E-state index is 0.0341. The van der Waals surface area contributed by atoms with Crippen LogP contribution < -0.4 is 4.90 Å². The first kappa shape index (κ1) is 30.4. The molecule has 0 saturated heterocycles. The van der Waals surface area contributed by atoms with Crippen LogP contribution in [0.1, 0.15) is 65.1 Å². The molecule has 7 aromatic rings. The van der Waals surface area contributed by atoms with Crippen LogP contribution in [0.4, 0.5) is 17.1 Å². The maximum Gasteiger partial charge on any atom is 0.0726 e. The van der Waals surface area contributed by atoms with Crippen molar-refractivity contribution in [1.29, 1.82) is 0 Å². The van der Waals surface area contributed by atoms with Gasteiger partial charge in [-0.05, 0) is 115 Å². The topological polar surface area (TPSA) is 3.24 Å². The number of hydrogen-bond acceptors (Lipinski definition) is 1. The summed E-state index contributed by atoms with van der Waals surface area (Å²) in [7, 11) is 0. The van der Waals surface area contributed by atoms with Crippen LogP contribution in [0.2, 0.25) is 0 Å². The van der Waals surface area contributed by atoms with E-state index in [1.54, 1.807) is 5.57 Å². The van der Waals surface area contributed by atoms with Crippen LogP contribution >= 0.6 is 0 Å². The normalized spacial score (nSPS) is 17.5. The molecule has 7 aromatic carbocycles. The van der Waals surface area contributed by atoms with Gasteiger partial charge in [0.2, 0.25) is 0 Å². The highest BCUT2D eigenvalue weighted by Gasteiger charge is 2.51. The van der Waals surface area contributed by atoms with Gasteiger partial charge in [0.25, 0.3) is 0 Å². The highest BCUT2D eigenvalue weighted by molar-refractivity contribution is 5.96. The number of fused-ring (bicyclic) bond motifs is 12. The Labute approximate surface area is 312 Å². The largest absolute Gasteiger partial charge is 0.310 e. The van der Waals surface area contributed by atoms with Gasteiger partial charge in [0, 0.05) is 28.4 Å². The minimum atomic E-state index is -0.389. The van der Waals surface area contributed by atoms with Gasteiger partial charge in [0.1, 0.15) is 0 Å². The summed E-state index contributed by atoms with van der Waals surface area (Å²) in [6.45, 7) is 4.83. The van der Waals surface area contributed by atoms with E-state index < -0.39 is 0 Å². The molecule has 11 rings (SSSR count). The molecule has 0 N–H and O–H groups in total. The van der Waals surface area contributed by atoms with Crippen LogP contribution in [0, 0.1) is 0 Å². The molecule has 0 amide bonds. The van der Waals surface area contributed by atoms with Crippen LogP contribution in [0.15, 0.2) is 188 Å². The maximum absolute atomic E-state index is 2.49. The molecule has 1 atom stereocenters. The summed E-state index contributed by atoms with van der Waals surface area (Å²) in [6, 6.07) is 63.7. The van der Waals surface area contributed by atoms with Gasteiger partial charge in [0.15, 0.2) is 0 Å². The first-order valence-corrected chi connectivity index (χ1v) is 19.0. The van der Waals surface area contributed by atoms with E-state index in [9.17, 15) is 0 Å². The highest BCUT2D eigenvalue weighted by Crippen LogP contribution is 2.63. The van der Waals surface area contributed by atoms with Crippen LogP contribution in [-0.2, 0) is 10.8 Å². The summed E-state index contributed by atoms with van der Waals surface area (Å²) in [5, 5.41) is 0. The Balaban J connectivity index is 1.10. The van der Waals surface area contributed by atoms with E-state index in [1.807, 2.05) is 0 Å². The lowest BCUT2D eigenvalue weighted by molar-refractivity contribution is 0.573. The summed E-state index contributed by atoms with van der Waals surface area (Å²) in [6.07, 6.45) is 5.76. The Hall–Kier alpha value is -6.18. The zero-order chi connectivity index (χ0) is 35.3. The van der Waals surface area contributed by atoms with Gasteiger partial charge in [-0.25, -0.2) is 0 Å².